The van der Waals surface area contributed by atoms with Crippen LogP contribution >= 0.6 is 0 Å². The zero-order chi connectivity index (χ0) is 20.0. The van der Waals surface area contributed by atoms with E-state index in [1.54, 1.807) is 4.68 Å². The molecule has 2 aromatic carbocycles. The van der Waals surface area contributed by atoms with E-state index >= 15 is 0 Å². The summed E-state index contributed by atoms with van der Waals surface area (Å²) in [6.45, 7) is 1.94. The van der Waals surface area contributed by atoms with Gasteiger partial charge < -0.3 is 4.90 Å². The van der Waals surface area contributed by atoms with E-state index < -0.39 is 5.69 Å². The maximum absolute atomic E-state index is 13.0. The molecule has 0 fully saturated rings. The Morgan fingerprint density at radius 2 is 1.72 bits per heavy atom. The van der Waals surface area contributed by atoms with Crippen LogP contribution in [0.5, 0.6) is 0 Å². The van der Waals surface area contributed by atoms with Crippen molar-refractivity contribution in [1.29, 1.82) is 0 Å². The van der Waals surface area contributed by atoms with Gasteiger partial charge in [0.2, 0.25) is 0 Å². The van der Waals surface area contributed by atoms with Gasteiger partial charge in [-0.3, -0.25) is 14.3 Å². The van der Waals surface area contributed by atoms with Gasteiger partial charge in [-0.05, 0) is 23.1 Å². The average molecular weight is 387 g/mol. The highest BCUT2D eigenvalue weighted by molar-refractivity contribution is 5.87. The molecule has 4 aromatic rings. The number of H-pyrrole nitrogens is 1. The maximum atomic E-state index is 13.0. The van der Waals surface area contributed by atoms with Crippen molar-refractivity contribution in [3.63, 3.8) is 0 Å². The standard InChI is InChI=1S/C22H21N5O2/c1-25-21(28)18-19(23-22(25)29)27(13-15-7-3-2-4-8-15)24-20(18)26-12-11-16-9-5-6-10-17(16)14-26/h2-10H,11-14H2,1H3,(H,23,29). The number of aromatic amines is 1. The number of fused-ring (bicyclic) bond motifs is 2. The van der Waals surface area contributed by atoms with Gasteiger partial charge in [-0.1, -0.05) is 54.6 Å². The molecule has 1 aliphatic rings. The van der Waals surface area contributed by atoms with Crippen LogP contribution in [0.1, 0.15) is 16.7 Å². The third-order valence-corrected chi connectivity index (χ3v) is 5.59. The molecule has 0 spiro atoms. The van der Waals surface area contributed by atoms with E-state index in [0.29, 0.717) is 29.9 Å². The normalized spacial score (nSPS) is 13.6. The Morgan fingerprint density at radius 1 is 1.00 bits per heavy atom. The van der Waals surface area contributed by atoms with Crippen molar-refractivity contribution >= 4 is 16.9 Å². The Morgan fingerprint density at radius 3 is 2.52 bits per heavy atom. The second-order valence-corrected chi connectivity index (χ2v) is 7.43. The summed E-state index contributed by atoms with van der Waals surface area (Å²) in [7, 11) is 1.49. The third-order valence-electron chi connectivity index (χ3n) is 5.59. The fourth-order valence-corrected chi connectivity index (χ4v) is 3.99. The van der Waals surface area contributed by atoms with E-state index in [4.69, 9.17) is 5.10 Å². The molecule has 1 aliphatic heterocycles. The summed E-state index contributed by atoms with van der Waals surface area (Å²) in [6.07, 6.45) is 0.896. The minimum atomic E-state index is -0.438. The predicted octanol–water partition coefficient (Wildman–Crippen LogP) is 2.03. The van der Waals surface area contributed by atoms with Gasteiger partial charge in [0.1, 0.15) is 11.0 Å². The number of nitrogens with zero attached hydrogens (tertiary/aromatic N) is 4. The third kappa shape index (κ3) is 2.95. The van der Waals surface area contributed by atoms with Gasteiger partial charge in [0.25, 0.3) is 5.56 Å². The number of benzene rings is 2. The van der Waals surface area contributed by atoms with Gasteiger partial charge >= 0.3 is 5.69 Å². The van der Waals surface area contributed by atoms with Crippen LogP contribution in [-0.2, 0) is 26.6 Å². The second-order valence-electron chi connectivity index (χ2n) is 7.43. The van der Waals surface area contributed by atoms with Crippen molar-refractivity contribution in [3.05, 3.63) is 92.1 Å². The van der Waals surface area contributed by atoms with E-state index in [1.807, 2.05) is 36.4 Å². The molecule has 1 N–H and O–H groups in total. The van der Waals surface area contributed by atoms with Gasteiger partial charge in [-0.25, -0.2) is 9.48 Å². The number of anilines is 1. The van der Waals surface area contributed by atoms with Crippen LogP contribution < -0.4 is 16.1 Å². The summed E-state index contributed by atoms with van der Waals surface area (Å²) in [4.78, 5) is 30.2. The number of nitrogens with one attached hydrogen (secondary N) is 1. The predicted molar refractivity (Wildman–Crippen MR) is 112 cm³/mol. The zero-order valence-corrected chi connectivity index (χ0v) is 16.1. The van der Waals surface area contributed by atoms with Gasteiger partial charge in [0.15, 0.2) is 5.82 Å². The van der Waals surface area contributed by atoms with Crippen molar-refractivity contribution in [3.8, 4) is 0 Å². The summed E-state index contributed by atoms with van der Waals surface area (Å²) in [5, 5.41) is 5.24. The first-order valence-corrected chi connectivity index (χ1v) is 9.67. The van der Waals surface area contributed by atoms with Crippen LogP contribution in [0.3, 0.4) is 0 Å². The van der Waals surface area contributed by atoms with Crippen molar-refractivity contribution in [2.45, 2.75) is 19.5 Å². The number of hydrogen-bond donors (Lipinski definition) is 1. The molecule has 0 amide bonds. The molecule has 0 saturated heterocycles. The van der Waals surface area contributed by atoms with Gasteiger partial charge in [0.05, 0.1) is 6.54 Å². The SMILES string of the molecule is Cn1c(=O)[nH]c2c(c(N3CCc4ccccc4C3)nn2Cc2ccccc2)c1=O. The largest absolute Gasteiger partial charge is 0.350 e. The number of aromatic nitrogens is 4. The van der Waals surface area contributed by atoms with E-state index in [9.17, 15) is 9.59 Å². The molecule has 0 unspecified atom stereocenters. The lowest BCUT2D eigenvalue weighted by atomic mass is 10.00. The molecule has 2 aromatic heterocycles. The monoisotopic (exact) mass is 387 g/mol. The number of rotatable bonds is 3. The summed E-state index contributed by atoms with van der Waals surface area (Å²) < 4.78 is 2.83. The highest BCUT2D eigenvalue weighted by atomic mass is 16.2. The minimum absolute atomic E-state index is 0.322. The van der Waals surface area contributed by atoms with Crippen LogP contribution in [0.15, 0.2) is 64.2 Å². The first-order chi connectivity index (χ1) is 14.1. The minimum Gasteiger partial charge on any atom is -0.350 e. The average Bonchev–Trinajstić information content (AvgIpc) is 3.10. The first-order valence-electron chi connectivity index (χ1n) is 9.67. The second kappa shape index (κ2) is 6.77. The van der Waals surface area contributed by atoms with Crippen molar-refractivity contribution in [2.24, 2.45) is 7.05 Å². The molecule has 3 heterocycles. The summed E-state index contributed by atoms with van der Waals surface area (Å²) in [5.41, 5.74) is 3.33. The first kappa shape index (κ1) is 17.5. The summed E-state index contributed by atoms with van der Waals surface area (Å²) in [5.74, 6) is 0.627. The number of hydrogen-bond acceptors (Lipinski definition) is 4. The summed E-state index contributed by atoms with van der Waals surface area (Å²) in [6, 6.07) is 18.2. The van der Waals surface area contributed by atoms with Crippen LogP contribution in [0.25, 0.3) is 11.0 Å². The Hall–Kier alpha value is -3.61. The van der Waals surface area contributed by atoms with Gasteiger partial charge in [0, 0.05) is 20.1 Å². The van der Waals surface area contributed by atoms with Crippen LogP contribution in [-0.4, -0.2) is 25.9 Å². The maximum Gasteiger partial charge on any atom is 0.329 e. The van der Waals surface area contributed by atoms with Crippen molar-refractivity contribution in [2.75, 3.05) is 11.4 Å². The molecule has 7 nitrogen and oxygen atoms in total. The van der Waals surface area contributed by atoms with Crippen molar-refractivity contribution in [1.82, 2.24) is 19.3 Å². The molecule has 0 radical (unpaired) electrons. The molecular formula is C22H21N5O2. The van der Waals surface area contributed by atoms with Crippen LogP contribution in [0.4, 0.5) is 5.82 Å². The fraction of sp³-hybridized carbons (Fsp3) is 0.227. The van der Waals surface area contributed by atoms with Gasteiger partial charge in [-0.15, -0.1) is 0 Å². The molecule has 0 bridgehead atoms. The van der Waals surface area contributed by atoms with Crippen LogP contribution in [0.2, 0.25) is 0 Å². The molecule has 7 heteroatoms. The van der Waals surface area contributed by atoms with E-state index in [0.717, 1.165) is 23.1 Å². The Labute approximate surface area is 166 Å². The smallest absolute Gasteiger partial charge is 0.329 e. The van der Waals surface area contributed by atoms with E-state index in [1.165, 1.54) is 18.2 Å². The molecular weight excluding hydrogens is 366 g/mol. The van der Waals surface area contributed by atoms with E-state index in [-0.39, 0.29) is 5.56 Å². The highest BCUT2D eigenvalue weighted by Crippen LogP contribution is 2.27. The summed E-state index contributed by atoms with van der Waals surface area (Å²) >= 11 is 0. The highest BCUT2D eigenvalue weighted by Gasteiger charge is 2.24. The van der Waals surface area contributed by atoms with Crippen molar-refractivity contribution < 1.29 is 0 Å². The quantitative estimate of drug-likeness (QED) is 0.584. The fourth-order valence-electron chi connectivity index (χ4n) is 3.99. The molecule has 146 valence electrons. The molecule has 5 rings (SSSR count). The van der Waals surface area contributed by atoms with Crippen LogP contribution in [0, 0.1) is 0 Å². The van der Waals surface area contributed by atoms with E-state index in [2.05, 4.69) is 28.1 Å². The lowest BCUT2D eigenvalue weighted by molar-refractivity contribution is 0.669. The Balaban J connectivity index is 1.66. The molecule has 29 heavy (non-hydrogen) atoms. The van der Waals surface area contributed by atoms with Gasteiger partial charge in [-0.2, -0.15) is 5.10 Å². The Kier molecular flexibility index (Phi) is 4.08. The molecule has 0 atom stereocenters. The molecule has 0 aliphatic carbocycles. The topological polar surface area (TPSA) is 75.9 Å². The zero-order valence-electron chi connectivity index (χ0n) is 16.1. The molecule has 0 saturated carbocycles. The Bertz CT molecular complexity index is 1320. The lowest BCUT2D eigenvalue weighted by Crippen LogP contribution is -2.35. The lowest BCUT2D eigenvalue weighted by Gasteiger charge is -2.28.